The lowest BCUT2D eigenvalue weighted by atomic mass is 10.0. The number of benzene rings is 2. The molecule has 0 aromatic heterocycles. The Balaban J connectivity index is 2.37. The molecule has 112 valence electrons. The van der Waals surface area contributed by atoms with Crippen molar-refractivity contribution in [3.05, 3.63) is 63.7 Å². The first-order valence-corrected chi connectivity index (χ1v) is 7.57. The van der Waals surface area contributed by atoms with Crippen LogP contribution in [0.5, 0.6) is 0 Å². The molecule has 0 amide bonds. The zero-order valence-corrected chi connectivity index (χ0v) is 13.9. The fourth-order valence-corrected chi connectivity index (χ4v) is 2.86. The summed E-state index contributed by atoms with van der Waals surface area (Å²) >= 11 is 6.26. The largest absolute Gasteiger partial charge is 0.366 e. The van der Waals surface area contributed by atoms with Gasteiger partial charge >= 0.3 is 0 Å². The van der Waals surface area contributed by atoms with E-state index in [1.165, 1.54) is 16.8 Å². The molecule has 0 heterocycles. The number of nitrogens with two attached hydrogens (primary N) is 1. The van der Waals surface area contributed by atoms with Crippen molar-refractivity contribution in [1.82, 2.24) is 0 Å². The average molecular weight is 303 g/mol. The van der Waals surface area contributed by atoms with Crippen LogP contribution in [0.3, 0.4) is 0 Å². The van der Waals surface area contributed by atoms with Crippen LogP contribution in [-0.4, -0.2) is 13.6 Å². The predicted molar refractivity (Wildman–Crippen MR) is 92.3 cm³/mol. The molecule has 0 aliphatic heterocycles. The zero-order chi connectivity index (χ0) is 15.6. The molecule has 0 saturated carbocycles. The lowest BCUT2D eigenvalue weighted by Gasteiger charge is -2.30. The highest BCUT2D eigenvalue weighted by Gasteiger charge is 2.17. The van der Waals surface area contributed by atoms with Crippen LogP contribution in [0.25, 0.3) is 0 Å². The second kappa shape index (κ2) is 6.50. The highest BCUT2D eigenvalue weighted by molar-refractivity contribution is 6.31. The maximum absolute atomic E-state index is 6.26. The normalized spacial score (nSPS) is 12.3. The smallest absolute Gasteiger partial charge is 0.0662 e. The molecule has 1 unspecified atom stereocenters. The highest BCUT2D eigenvalue weighted by Crippen LogP contribution is 2.29. The summed E-state index contributed by atoms with van der Waals surface area (Å²) in [6.45, 7) is 6.79. The van der Waals surface area contributed by atoms with Gasteiger partial charge in [0.05, 0.1) is 6.04 Å². The van der Waals surface area contributed by atoms with Crippen LogP contribution in [0.4, 0.5) is 5.69 Å². The fourth-order valence-electron chi connectivity index (χ4n) is 2.67. The van der Waals surface area contributed by atoms with E-state index in [0.717, 1.165) is 16.1 Å². The number of likely N-dealkylation sites (N-methyl/N-ethyl adjacent to an activating group) is 1. The van der Waals surface area contributed by atoms with Crippen molar-refractivity contribution in [2.75, 3.05) is 18.5 Å². The summed E-state index contributed by atoms with van der Waals surface area (Å²) in [5, 5.41) is 0.791. The molecule has 2 aromatic carbocycles. The lowest BCUT2D eigenvalue weighted by Crippen LogP contribution is -2.30. The van der Waals surface area contributed by atoms with Gasteiger partial charge in [-0.05, 0) is 61.2 Å². The minimum atomic E-state index is 0.115. The molecule has 0 spiro atoms. The van der Waals surface area contributed by atoms with Crippen LogP contribution in [0, 0.1) is 20.8 Å². The Labute approximate surface area is 132 Å². The summed E-state index contributed by atoms with van der Waals surface area (Å²) in [5.41, 5.74) is 12.0. The standard InChI is InChI=1S/C18H23ClN2/c1-12-7-13(2)9-16(8-12)21(4)18(11-20)15-6-5-14(3)17(19)10-15/h5-10,18H,11,20H2,1-4H3. The molecule has 2 N–H and O–H groups in total. The molecule has 0 aliphatic carbocycles. The minimum absolute atomic E-state index is 0.115. The Morgan fingerprint density at radius 2 is 1.67 bits per heavy atom. The second-order valence-electron chi connectivity index (χ2n) is 5.72. The van der Waals surface area contributed by atoms with E-state index in [1.807, 2.05) is 13.0 Å². The number of hydrogen-bond donors (Lipinski definition) is 1. The van der Waals surface area contributed by atoms with E-state index in [-0.39, 0.29) is 6.04 Å². The molecule has 21 heavy (non-hydrogen) atoms. The first kappa shape index (κ1) is 15.9. The van der Waals surface area contributed by atoms with Gasteiger partial charge in [-0.2, -0.15) is 0 Å². The summed E-state index contributed by atoms with van der Waals surface area (Å²) in [5.74, 6) is 0. The highest BCUT2D eigenvalue weighted by atomic mass is 35.5. The number of anilines is 1. The average Bonchev–Trinajstić information content (AvgIpc) is 2.42. The molecule has 0 radical (unpaired) electrons. The Bertz CT molecular complexity index is 617. The zero-order valence-electron chi connectivity index (χ0n) is 13.2. The first-order chi connectivity index (χ1) is 9.92. The number of halogens is 1. The van der Waals surface area contributed by atoms with E-state index in [1.54, 1.807) is 0 Å². The number of nitrogens with zero attached hydrogens (tertiary/aromatic N) is 1. The molecular weight excluding hydrogens is 280 g/mol. The molecule has 2 rings (SSSR count). The molecule has 0 aliphatic rings. The predicted octanol–water partition coefficient (Wildman–Crippen LogP) is 4.40. The molecule has 0 bridgehead atoms. The molecule has 2 aromatic rings. The molecule has 3 heteroatoms. The number of aryl methyl sites for hydroxylation is 3. The molecule has 2 nitrogen and oxygen atoms in total. The number of hydrogen-bond acceptors (Lipinski definition) is 2. The third-order valence-electron chi connectivity index (χ3n) is 3.89. The Hall–Kier alpha value is -1.51. The van der Waals surface area contributed by atoms with Crippen molar-refractivity contribution in [1.29, 1.82) is 0 Å². The van der Waals surface area contributed by atoms with Gasteiger partial charge in [-0.15, -0.1) is 0 Å². The Morgan fingerprint density at radius 3 is 2.19 bits per heavy atom. The monoisotopic (exact) mass is 302 g/mol. The maximum atomic E-state index is 6.26. The van der Waals surface area contributed by atoms with Crippen LogP contribution in [0.15, 0.2) is 36.4 Å². The van der Waals surface area contributed by atoms with Crippen LogP contribution in [0.1, 0.15) is 28.3 Å². The Kier molecular flexibility index (Phi) is 4.92. The van der Waals surface area contributed by atoms with Crippen molar-refractivity contribution >= 4 is 17.3 Å². The second-order valence-corrected chi connectivity index (χ2v) is 6.12. The van der Waals surface area contributed by atoms with Crippen LogP contribution in [0.2, 0.25) is 5.02 Å². The van der Waals surface area contributed by atoms with E-state index in [9.17, 15) is 0 Å². The van der Waals surface area contributed by atoms with E-state index < -0.39 is 0 Å². The van der Waals surface area contributed by atoms with E-state index in [2.05, 4.69) is 56.1 Å². The van der Waals surface area contributed by atoms with Crippen LogP contribution >= 0.6 is 11.6 Å². The SMILES string of the molecule is Cc1cc(C)cc(N(C)C(CN)c2ccc(C)c(Cl)c2)c1. The molecule has 1 atom stereocenters. The van der Waals surface area contributed by atoms with Gasteiger partial charge in [-0.1, -0.05) is 29.8 Å². The Morgan fingerprint density at radius 1 is 1.05 bits per heavy atom. The van der Waals surface area contributed by atoms with Gasteiger partial charge in [0.1, 0.15) is 0 Å². The van der Waals surface area contributed by atoms with E-state index in [0.29, 0.717) is 6.54 Å². The fraction of sp³-hybridized carbons (Fsp3) is 0.333. The van der Waals surface area contributed by atoms with Crippen molar-refractivity contribution in [3.63, 3.8) is 0 Å². The van der Waals surface area contributed by atoms with E-state index in [4.69, 9.17) is 17.3 Å². The van der Waals surface area contributed by atoms with Gasteiger partial charge in [0.15, 0.2) is 0 Å². The molecule has 0 saturated heterocycles. The summed E-state index contributed by atoms with van der Waals surface area (Å²) in [6.07, 6.45) is 0. The summed E-state index contributed by atoms with van der Waals surface area (Å²) in [7, 11) is 2.08. The van der Waals surface area contributed by atoms with Crippen LogP contribution < -0.4 is 10.6 Å². The van der Waals surface area contributed by atoms with Gasteiger partial charge in [0, 0.05) is 24.3 Å². The van der Waals surface area contributed by atoms with Gasteiger partial charge in [0.2, 0.25) is 0 Å². The van der Waals surface area contributed by atoms with Gasteiger partial charge in [0.25, 0.3) is 0 Å². The third-order valence-corrected chi connectivity index (χ3v) is 4.29. The molecular formula is C18H23ClN2. The van der Waals surface area contributed by atoms with E-state index >= 15 is 0 Å². The van der Waals surface area contributed by atoms with Gasteiger partial charge in [-0.3, -0.25) is 0 Å². The van der Waals surface area contributed by atoms with Crippen molar-refractivity contribution in [2.45, 2.75) is 26.8 Å². The van der Waals surface area contributed by atoms with Crippen molar-refractivity contribution < 1.29 is 0 Å². The maximum Gasteiger partial charge on any atom is 0.0662 e. The summed E-state index contributed by atoms with van der Waals surface area (Å²) in [4.78, 5) is 2.22. The molecule has 0 fully saturated rings. The summed E-state index contributed by atoms with van der Waals surface area (Å²) < 4.78 is 0. The van der Waals surface area contributed by atoms with Crippen molar-refractivity contribution in [3.8, 4) is 0 Å². The van der Waals surface area contributed by atoms with Gasteiger partial charge < -0.3 is 10.6 Å². The lowest BCUT2D eigenvalue weighted by molar-refractivity contribution is 0.680. The third kappa shape index (κ3) is 3.58. The summed E-state index contributed by atoms with van der Waals surface area (Å²) in [6, 6.07) is 12.8. The van der Waals surface area contributed by atoms with Crippen LogP contribution in [-0.2, 0) is 0 Å². The minimum Gasteiger partial charge on any atom is -0.366 e. The van der Waals surface area contributed by atoms with Crippen molar-refractivity contribution in [2.24, 2.45) is 5.73 Å². The van der Waals surface area contributed by atoms with Gasteiger partial charge in [-0.25, -0.2) is 0 Å². The first-order valence-electron chi connectivity index (χ1n) is 7.19. The number of rotatable bonds is 4. The topological polar surface area (TPSA) is 29.3 Å². The quantitative estimate of drug-likeness (QED) is 0.907.